The third-order valence-corrected chi connectivity index (χ3v) is 4.19. The maximum atomic E-state index is 12.2. The molecule has 3 rings (SSSR count). The molecule has 2 aromatic rings. The van der Waals surface area contributed by atoms with Gasteiger partial charge in [-0.2, -0.15) is 5.10 Å². The van der Waals surface area contributed by atoms with Crippen molar-refractivity contribution < 1.29 is 4.79 Å². The number of rotatable bonds is 5. The normalized spacial score (nSPS) is 15.5. The number of aromatic nitrogens is 2. The van der Waals surface area contributed by atoms with Crippen LogP contribution in [0.5, 0.6) is 0 Å². The molecule has 0 saturated heterocycles. The molecule has 1 aromatic carbocycles. The number of hydrogen-bond acceptors (Lipinski definition) is 3. The Morgan fingerprint density at radius 3 is 2.64 bits per heavy atom. The van der Waals surface area contributed by atoms with Gasteiger partial charge in [-0.1, -0.05) is 23.7 Å². The third-order valence-electron chi connectivity index (χ3n) is 3.94. The third kappa shape index (κ3) is 3.42. The van der Waals surface area contributed by atoms with Gasteiger partial charge in [-0.25, -0.2) is 4.68 Å². The van der Waals surface area contributed by atoms with Gasteiger partial charge >= 0.3 is 0 Å². The van der Waals surface area contributed by atoms with Crippen LogP contribution in [0, 0.1) is 6.92 Å². The molecular formula is C16H19ClN4O. The molecule has 0 radical (unpaired) electrons. The summed E-state index contributed by atoms with van der Waals surface area (Å²) in [6.07, 6.45) is 2.81. The van der Waals surface area contributed by atoms with Crippen LogP contribution in [0.15, 0.2) is 30.3 Å². The van der Waals surface area contributed by atoms with Crippen molar-refractivity contribution in [2.45, 2.75) is 38.3 Å². The summed E-state index contributed by atoms with van der Waals surface area (Å²) in [6.45, 7) is 2.01. The van der Waals surface area contributed by atoms with E-state index in [1.54, 1.807) is 6.07 Å². The smallest absolute Gasteiger partial charge is 0.242 e. The predicted molar refractivity (Wildman–Crippen MR) is 86.6 cm³/mol. The molecule has 6 heteroatoms. The van der Waals surface area contributed by atoms with Crippen molar-refractivity contribution in [3.8, 4) is 0 Å². The van der Waals surface area contributed by atoms with E-state index in [9.17, 15) is 4.79 Å². The molecule has 5 nitrogen and oxygen atoms in total. The van der Waals surface area contributed by atoms with Gasteiger partial charge in [0, 0.05) is 16.6 Å². The lowest BCUT2D eigenvalue weighted by Gasteiger charge is -2.18. The van der Waals surface area contributed by atoms with Crippen LogP contribution in [0.25, 0.3) is 0 Å². The molecule has 0 bridgehead atoms. The van der Waals surface area contributed by atoms with Crippen molar-refractivity contribution >= 4 is 23.3 Å². The van der Waals surface area contributed by atoms with Crippen molar-refractivity contribution in [3.63, 3.8) is 0 Å². The molecule has 0 aliphatic heterocycles. The average molecular weight is 319 g/mol. The first-order valence-corrected chi connectivity index (χ1v) is 7.69. The first-order valence-electron chi connectivity index (χ1n) is 7.31. The summed E-state index contributed by atoms with van der Waals surface area (Å²) in [4.78, 5) is 12.2. The summed E-state index contributed by atoms with van der Waals surface area (Å²) < 4.78 is 1.53. The first kappa shape index (κ1) is 14.9. The molecule has 0 spiro atoms. The zero-order chi connectivity index (χ0) is 15.7. The van der Waals surface area contributed by atoms with E-state index in [4.69, 9.17) is 17.3 Å². The largest absolute Gasteiger partial charge is 0.384 e. The van der Waals surface area contributed by atoms with E-state index in [2.05, 4.69) is 10.4 Å². The molecule has 22 heavy (non-hydrogen) atoms. The van der Waals surface area contributed by atoms with E-state index in [0.29, 0.717) is 5.82 Å². The van der Waals surface area contributed by atoms with Crippen LogP contribution in [0.1, 0.15) is 24.1 Å². The zero-order valence-electron chi connectivity index (χ0n) is 12.5. The molecule has 3 N–H and O–H groups in total. The van der Waals surface area contributed by atoms with Crippen LogP contribution < -0.4 is 11.1 Å². The lowest BCUT2D eigenvalue weighted by atomic mass is 10.0. The van der Waals surface area contributed by atoms with Gasteiger partial charge in [0.15, 0.2) is 0 Å². The highest BCUT2D eigenvalue weighted by Crippen LogP contribution is 2.38. The number of benzene rings is 1. The minimum absolute atomic E-state index is 0.0544. The van der Waals surface area contributed by atoms with Crippen LogP contribution >= 0.6 is 11.6 Å². The maximum Gasteiger partial charge on any atom is 0.242 e. The van der Waals surface area contributed by atoms with E-state index >= 15 is 0 Å². The second-order valence-electron chi connectivity index (χ2n) is 6.00. The summed E-state index contributed by atoms with van der Waals surface area (Å²) >= 11 is 5.90. The summed E-state index contributed by atoms with van der Waals surface area (Å²) in [5.41, 5.74) is 7.68. The van der Waals surface area contributed by atoms with Crippen molar-refractivity contribution in [3.05, 3.63) is 46.6 Å². The Bertz CT molecular complexity index is 689. The number of aryl methyl sites for hydroxylation is 1. The SMILES string of the molecule is Cc1cc(N)n(CC(=O)NC2(Cc3ccc(Cl)cc3)CC2)n1. The Kier molecular flexibility index (Phi) is 3.83. The minimum Gasteiger partial charge on any atom is -0.384 e. The van der Waals surface area contributed by atoms with Crippen molar-refractivity contribution in [1.29, 1.82) is 0 Å². The molecule has 1 aliphatic rings. The lowest BCUT2D eigenvalue weighted by Crippen LogP contribution is -2.40. The molecular weight excluding hydrogens is 300 g/mol. The fraction of sp³-hybridized carbons (Fsp3) is 0.375. The number of carbonyl (C=O) groups excluding carboxylic acids is 1. The van der Waals surface area contributed by atoms with Gasteiger partial charge in [0.1, 0.15) is 12.4 Å². The monoisotopic (exact) mass is 318 g/mol. The highest BCUT2D eigenvalue weighted by atomic mass is 35.5. The zero-order valence-corrected chi connectivity index (χ0v) is 13.2. The van der Waals surface area contributed by atoms with Gasteiger partial charge in [0.25, 0.3) is 0 Å². The Morgan fingerprint density at radius 2 is 2.09 bits per heavy atom. The lowest BCUT2D eigenvalue weighted by molar-refractivity contribution is -0.122. The average Bonchev–Trinajstić information content (AvgIpc) is 3.11. The van der Waals surface area contributed by atoms with Gasteiger partial charge in [0.2, 0.25) is 5.91 Å². The van der Waals surface area contributed by atoms with Crippen molar-refractivity contribution in [2.24, 2.45) is 0 Å². The molecule has 1 amide bonds. The molecule has 1 aromatic heterocycles. The fourth-order valence-electron chi connectivity index (χ4n) is 2.65. The van der Waals surface area contributed by atoms with Crippen LogP contribution in [-0.4, -0.2) is 21.2 Å². The topological polar surface area (TPSA) is 72.9 Å². The minimum atomic E-state index is -0.123. The van der Waals surface area contributed by atoms with E-state index in [-0.39, 0.29) is 18.0 Å². The molecule has 116 valence electrons. The van der Waals surface area contributed by atoms with Crippen LogP contribution in [0.2, 0.25) is 5.02 Å². The molecule has 1 fully saturated rings. The highest BCUT2D eigenvalue weighted by molar-refractivity contribution is 6.30. The Labute approximate surface area is 134 Å². The summed E-state index contributed by atoms with van der Waals surface area (Å²) in [7, 11) is 0. The fourth-order valence-corrected chi connectivity index (χ4v) is 2.78. The summed E-state index contributed by atoms with van der Waals surface area (Å²) in [6, 6.07) is 9.52. The number of carbonyl (C=O) groups is 1. The summed E-state index contributed by atoms with van der Waals surface area (Å²) in [5, 5.41) is 8.06. The number of hydrogen-bond donors (Lipinski definition) is 2. The van der Waals surface area contributed by atoms with E-state index in [1.165, 1.54) is 10.2 Å². The number of amides is 1. The van der Waals surface area contributed by atoms with E-state index < -0.39 is 0 Å². The van der Waals surface area contributed by atoms with Crippen LogP contribution in [0.4, 0.5) is 5.82 Å². The quantitative estimate of drug-likeness (QED) is 0.888. The standard InChI is InChI=1S/C16H19ClN4O/c1-11-8-14(18)21(20-11)10-15(22)19-16(6-7-16)9-12-2-4-13(17)5-3-12/h2-5,8H,6-7,9-10,18H2,1H3,(H,19,22). The summed E-state index contributed by atoms with van der Waals surface area (Å²) in [5.74, 6) is 0.455. The molecule has 0 unspecified atom stereocenters. The number of halogens is 1. The Balaban J connectivity index is 1.61. The number of anilines is 1. The first-order chi connectivity index (χ1) is 10.5. The Hall–Kier alpha value is -2.01. The van der Waals surface area contributed by atoms with E-state index in [1.807, 2.05) is 31.2 Å². The van der Waals surface area contributed by atoms with Gasteiger partial charge in [-0.3, -0.25) is 4.79 Å². The number of nitrogens with two attached hydrogens (primary N) is 1. The van der Waals surface area contributed by atoms with Gasteiger partial charge in [-0.05, 0) is 43.9 Å². The van der Waals surface area contributed by atoms with Crippen LogP contribution in [0.3, 0.4) is 0 Å². The second kappa shape index (κ2) is 5.65. The predicted octanol–water partition coefficient (Wildman–Crippen LogP) is 2.32. The molecule has 1 saturated carbocycles. The molecule has 1 heterocycles. The van der Waals surface area contributed by atoms with E-state index in [0.717, 1.165) is 30.0 Å². The number of nitrogen functional groups attached to an aromatic ring is 1. The second-order valence-corrected chi connectivity index (χ2v) is 6.44. The maximum absolute atomic E-state index is 12.2. The van der Waals surface area contributed by atoms with Crippen molar-refractivity contribution in [1.82, 2.24) is 15.1 Å². The number of nitrogens with one attached hydrogen (secondary N) is 1. The van der Waals surface area contributed by atoms with Gasteiger partial charge in [0.05, 0.1) is 5.69 Å². The molecule has 0 atom stereocenters. The molecule has 1 aliphatic carbocycles. The van der Waals surface area contributed by atoms with Gasteiger partial charge in [-0.15, -0.1) is 0 Å². The van der Waals surface area contributed by atoms with Crippen molar-refractivity contribution in [2.75, 3.05) is 5.73 Å². The Morgan fingerprint density at radius 1 is 1.41 bits per heavy atom. The van der Waals surface area contributed by atoms with Gasteiger partial charge < -0.3 is 11.1 Å². The van der Waals surface area contributed by atoms with Crippen LogP contribution in [-0.2, 0) is 17.8 Å². The highest BCUT2D eigenvalue weighted by Gasteiger charge is 2.43. The number of nitrogens with zero attached hydrogens (tertiary/aromatic N) is 2.